The number of rotatable bonds is 4. The third-order valence-corrected chi connectivity index (χ3v) is 4.83. The number of nitrogens with zero attached hydrogens (tertiary/aromatic N) is 3. The van der Waals surface area contributed by atoms with E-state index in [0.717, 1.165) is 38.4 Å². The van der Waals surface area contributed by atoms with Crippen LogP contribution >= 0.6 is 0 Å². The second-order valence-corrected chi connectivity index (χ2v) is 6.48. The maximum atomic E-state index is 4.64. The molecule has 3 nitrogen and oxygen atoms in total. The highest BCUT2D eigenvalue weighted by atomic mass is 15.3. The predicted octanol–water partition coefficient (Wildman–Crippen LogP) is 4.07. The largest absolute Gasteiger partial charge is 0.369 e. The van der Waals surface area contributed by atoms with Gasteiger partial charge in [-0.2, -0.15) is 0 Å². The predicted molar refractivity (Wildman–Crippen MR) is 104 cm³/mol. The molecule has 4 rings (SSSR count). The van der Waals surface area contributed by atoms with Crippen molar-refractivity contribution in [3.63, 3.8) is 0 Å². The molecule has 0 saturated carbocycles. The van der Waals surface area contributed by atoms with Crippen LogP contribution in [0.3, 0.4) is 0 Å². The van der Waals surface area contributed by atoms with E-state index in [1.165, 1.54) is 16.8 Å². The molecule has 3 aromatic rings. The number of hydrogen-bond acceptors (Lipinski definition) is 3. The molecule has 0 unspecified atom stereocenters. The van der Waals surface area contributed by atoms with E-state index < -0.39 is 0 Å². The number of pyridine rings is 1. The Hall–Kier alpha value is -2.65. The molecule has 126 valence electrons. The molecule has 1 saturated heterocycles. The smallest absolute Gasteiger partial charge is 0.0746 e. The second kappa shape index (κ2) is 7.49. The fourth-order valence-corrected chi connectivity index (χ4v) is 3.47. The van der Waals surface area contributed by atoms with Gasteiger partial charge < -0.3 is 4.90 Å². The number of aromatic nitrogens is 1. The normalized spacial score (nSPS) is 15.3. The van der Waals surface area contributed by atoms with Crippen molar-refractivity contribution in [3.05, 3.63) is 84.6 Å². The summed E-state index contributed by atoms with van der Waals surface area (Å²) in [6.07, 6.45) is 1.89. The Morgan fingerprint density at radius 2 is 1.40 bits per heavy atom. The Morgan fingerprint density at radius 3 is 2.12 bits per heavy atom. The van der Waals surface area contributed by atoms with Crippen LogP contribution in [0.1, 0.15) is 5.56 Å². The third kappa shape index (κ3) is 3.72. The summed E-state index contributed by atoms with van der Waals surface area (Å²) in [7, 11) is 0. The van der Waals surface area contributed by atoms with Gasteiger partial charge in [-0.25, -0.2) is 0 Å². The third-order valence-electron chi connectivity index (χ3n) is 4.83. The van der Waals surface area contributed by atoms with E-state index in [1.54, 1.807) is 0 Å². The number of anilines is 1. The lowest BCUT2D eigenvalue weighted by Crippen LogP contribution is -2.46. The highest BCUT2D eigenvalue weighted by Gasteiger charge is 2.18. The van der Waals surface area contributed by atoms with Crippen molar-refractivity contribution < 1.29 is 0 Å². The van der Waals surface area contributed by atoms with E-state index in [-0.39, 0.29) is 0 Å². The Morgan fingerprint density at radius 1 is 0.720 bits per heavy atom. The number of para-hydroxylation sites is 1. The maximum absolute atomic E-state index is 4.64. The van der Waals surface area contributed by atoms with Gasteiger partial charge >= 0.3 is 0 Å². The molecule has 0 N–H and O–H groups in total. The van der Waals surface area contributed by atoms with Gasteiger partial charge in [-0.15, -0.1) is 0 Å². The highest BCUT2D eigenvalue weighted by Crippen LogP contribution is 2.23. The lowest BCUT2D eigenvalue weighted by Gasteiger charge is -2.36. The summed E-state index contributed by atoms with van der Waals surface area (Å²) in [6, 6.07) is 25.4. The molecular weight excluding hydrogens is 306 g/mol. The van der Waals surface area contributed by atoms with Crippen molar-refractivity contribution in [1.29, 1.82) is 0 Å². The van der Waals surface area contributed by atoms with E-state index >= 15 is 0 Å². The van der Waals surface area contributed by atoms with Crippen LogP contribution in [0.4, 0.5) is 5.69 Å². The minimum atomic E-state index is 0.959. The van der Waals surface area contributed by atoms with Crippen molar-refractivity contribution in [2.75, 3.05) is 31.1 Å². The summed E-state index contributed by atoms with van der Waals surface area (Å²) in [5.74, 6) is 0. The summed E-state index contributed by atoms with van der Waals surface area (Å²) >= 11 is 0. The Labute approximate surface area is 149 Å². The summed E-state index contributed by atoms with van der Waals surface area (Å²) < 4.78 is 0. The molecule has 3 heteroatoms. The minimum absolute atomic E-state index is 0.959. The molecule has 2 heterocycles. The van der Waals surface area contributed by atoms with E-state index in [0.29, 0.717) is 0 Å². The van der Waals surface area contributed by atoms with Gasteiger partial charge in [-0.1, -0.05) is 54.6 Å². The number of benzene rings is 2. The molecule has 1 aliphatic heterocycles. The van der Waals surface area contributed by atoms with Crippen LogP contribution in [-0.2, 0) is 6.54 Å². The van der Waals surface area contributed by atoms with Gasteiger partial charge in [0.25, 0.3) is 0 Å². The molecule has 0 atom stereocenters. The quantitative estimate of drug-likeness (QED) is 0.719. The summed E-state index contributed by atoms with van der Waals surface area (Å²) in [5, 5.41) is 0. The van der Waals surface area contributed by atoms with E-state index in [9.17, 15) is 0 Å². The maximum Gasteiger partial charge on any atom is 0.0746 e. The highest BCUT2D eigenvalue weighted by molar-refractivity contribution is 5.62. The lowest BCUT2D eigenvalue weighted by atomic mass is 10.1. The molecule has 0 spiro atoms. The van der Waals surface area contributed by atoms with E-state index in [1.807, 2.05) is 12.3 Å². The lowest BCUT2D eigenvalue weighted by molar-refractivity contribution is 0.250. The monoisotopic (exact) mass is 329 g/mol. The molecule has 0 amide bonds. The van der Waals surface area contributed by atoms with Crippen LogP contribution in [-0.4, -0.2) is 36.1 Å². The van der Waals surface area contributed by atoms with Gasteiger partial charge in [0, 0.05) is 50.2 Å². The Balaban J connectivity index is 1.44. The summed E-state index contributed by atoms with van der Waals surface area (Å²) in [4.78, 5) is 9.64. The van der Waals surface area contributed by atoms with Crippen molar-refractivity contribution in [2.24, 2.45) is 0 Å². The van der Waals surface area contributed by atoms with Gasteiger partial charge in [-0.05, 0) is 23.8 Å². The summed E-state index contributed by atoms with van der Waals surface area (Å²) in [6.45, 7) is 5.27. The number of hydrogen-bond donors (Lipinski definition) is 0. The van der Waals surface area contributed by atoms with E-state index in [4.69, 9.17) is 0 Å². The fraction of sp³-hybridized carbons (Fsp3) is 0.227. The van der Waals surface area contributed by atoms with Gasteiger partial charge in [0.2, 0.25) is 0 Å². The number of piperazine rings is 1. The first kappa shape index (κ1) is 15.9. The van der Waals surface area contributed by atoms with Crippen LogP contribution in [0.2, 0.25) is 0 Å². The molecule has 25 heavy (non-hydrogen) atoms. The average Bonchev–Trinajstić information content (AvgIpc) is 2.70. The first-order valence-electron chi connectivity index (χ1n) is 8.92. The molecule has 2 aromatic carbocycles. The first-order valence-corrected chi connectivity index (χ1v) is 8.92. The fourth-order valence-electron chi connectivity index (χ4n) is 3.47. The molecular formula is C22H23N3. The van der Waals surface area contributed by atoms with Crippen LogP contribution in [0, 0.1) is 0 Å². The summed E-state index contributed by atoms with van der Waals surface area (Å²) in [5.41, 5.74) is 4.94. The zero-order chi connectivity index (χ0) is 16.9. The van der Waals surface area contributed by atoms with Crippen LogP contribution in [0.15, 0.2) is 79.0 Å². The van der Waals surface area contributed by atoms with Gasteiger partial charge in [0.15, 0.2) is 0 Å². The topological polar surface area (TPSA) is 19.4 Å². The van der Waals surface area contributed by atoms with Gasteiger partial charge in [0.05, 0.1) is 5.69 Å². The van der Waals surface area contributed by atoms with Crippen molar-refractivity contribution in [2.45, 2.75) is 6.54 Å². The molecule has 0 aliphatic carbocycles. The zero-order valence-corrected chi connectivity index (χ0v) is 14.4. The molecule has 0 bridgehead atoms. The van der Waals surface area contributed by atoms with Crippen LogP contribution in [0.25, 0.3) is 11.3 Å². The molecule has 1 aromatic heterocycles. The van der Waals surface area contributed by atoms with Crippen LogP contribution < -0.4 is 4.90 Å². The molecule has 0 radical (unpaired) electrons. The Bertz CT molecular complexity index is 794. The molecule has 1 fully saturated rings. The van der Waals surface area contributed by atoms with Gasteiger partial charge in [0.1, 0.15) is 0 Å². The zero-order valence-electron chi connectivity index (χ0n) is 14.4. The average molecular weight is 329 g/mol. The van der Waals surface area contributed by atoms with Crippen molar-refractivity contribution >= 4 is 5.69 Å². The SMILES string of the molecule is c1ccc(-c2ncccc2CN2CCN(c3ccccc3)CC2)cc1. The van der Waals surface area contributed by atoms with Crippen LogP contribution in [0.5, 0.6) is 0 Å². The van der Waals surface area contributed by atoms with Gasteiger partial charge in [-0.3, -0.25) is 9.88 Å². The van der Waals surface area contributed by atoms with Crippen molar-refractivity contribution in [3.8, 4) is 11.3 Å². The van der Waals surface area contributed by atoms with Crippen molar-refractivity contribution in [1.82, 2.24) is 9.88 Å². The Kier molecular flexibility index (Phi) is 4.75. The minimum Gasteiger partial charge on any atom is -0.369 e. The first-order chi connectivity index (χ1) is 12.4. The molecule has 1 aliphatic rings. The standard InChI is InChI=1S/C22H23N3/c1-3-8-19(9-4-1)22-20(10-7-13-23-22)18-24-14-16-25(17-15-24)21-11-5-2-6-12-21/h1-13H,14-18H2. The van der Waals surface area contributed by atoms with E-state index in [2.05, 4.69) is 81.5 Å². The second-order valence-electron chi connectivity index (χ2n) is 6.48.